The highest BCUT2D eigenvalue weighted by Crippen LogP contribution is 2.39. The number of aromatic nitrogens is 2. The van der Waals surface area contributed by atoms with Crippen molar-refractivity contribution >= 4 is 25.4 Å². The van der Waals surface area contributed by atoms with Crippen molar-refractivity contribution in [2.75, 3.05) is 13.2 Å². The summed E-state index contributed by atoms with van der Waals surface area (Å²) in [7, 11) is -1.84. The monoisotopic (exact) mass is 477 g/mol. The Hall–Kier alpha value is -1.93. The molecule has 1 atom stereocenters. The normalized spacial score (nSPS) is 16.8. The summed E-state index contributed by atoms with van der Waals surface area (Å²) in [6.45, 7) is 20.1. The lowest BCUT2D eigenvalue weighted by Gasteiger charge is -2.37. The first-order valence-corrected chi connectivity index (χ1v) is 14.8. The van der Waals surface area contributed by atoms with Crippen LogP contribution in [0.4, 0.5) is 9.18 Å². The third kappa shape index (κ3) is 5.77. The molecule has 1 heterocycles. The van der Waals surface area contributed by atoms with Gasteiger partial charge < -0.3 is 19.0 Å². The lowest BCUT2D eigenvalue weighted by molar-refractivity contribution is 0.0526. The van der Waals surface area contributed by atoms with Crippen LogP contribution in [0.2, 0.25) is 18.1 Å². The molecule has 1 aliphatic rings. The highest BCUT2D eigenvalue weighted by molar-refractivity contribution is 6.74. The van der Waals surface area contributed by atoms with Crippen LogP contribution in [-0.2, 0) is 28.5 Å². The number of benzene rings is 1. The number of ether oxygens (including phenoxy) is 1. The quantitative estimate of drug-likeness (QED) is 0.539. The molecule has 1 N–H and O–H groups in total. The molecule has 8 heteroatoms. The summed E-state index contributed by atoms with van der Waals surface area (Å²) < 4.78 is 29.1. The molecule has 0 saturated carbocycles. The number of aryl methyl sites for hydroxylation is 1. The van der Waals surface area contributed by atoms with Gasteiger partial charge in [-0.1, -0.05) is 20.8 Å². The summed E-state index contributed by atoms with van der Waals surface area (Å²) in [6, 6.07) is 2.08. The highest BCUT2D eigenvalue weighted by atomic mass is 28.4. The number of imidazole rings is 1. The number of hydrogen-bond acceptors (Lipinski definition) is 4. The average molecular weight is 478 g/mol. The van der Waals surface area contributed by atoms with Gasteiger partial charge in [0.25, 0.3) is 0 Å². The number of nitrogens with zero attached hydrogens (tertiary/aromatic N) is 2. The fourth-order valence-electron chi connectivity index (χ4n) is 4.03. The van der Waals surface area contributed by atoms with Crippen LogP contribution < -0.4 is 5.32 Å². The predicted molar refractivity (Wildman–Crippen MR) is 133 cm³/mol. The summed E-state index contributed by atoms with van der Waals surface area (Å²) in [5, 5.41) is 2.93. The van der Waals surface area contributed by atoms with Gasteiger partial charge in [0.1, 0.15) is 16.9 Å². The average Bonchev–Trinajstić information content (AvgIpc) is 3.20. The molecular weight excluding hydrogens is 437 g/mol. The number of hydrogen-bond donors (Lipinski definition) is 1. The molecule has 3 rings (SSSR count). The van der Waals surface area contributed by atoms with Crippen LogP contribution in [-0.4, -0.2) is 42.7 Å². The van der Waals surface area contributed by atoms with Crippen LogP contribution in [0.5, 0.6) is 0 Å². The van der Waals surface area contributed by atoms with Gasteiger partial charge in [0, 0.05) is 19.7 Å². The molecular formula is C25H40FN3O3Si. The largest absolute Gasteiger partial charge is 0.444 e. The second-order valence-electron chi connectivity index (χ2n) is 11.8. The lowest BCUT2D eigenvalue weighted by Crippen LogP contribution is -2.42. The maximum absolute atomic E-state index is 15.4. The maximum Gasteiger partial charge on any atom is 0.407 e. The van der Waals surface area contributed by atoms with Crippen molar-refractivity contribution in [2.45, 2.75) is 91.6 Å². The summed E-state index contributed by atoms with van der Waals surface area (Å²) in [6.07, 6.45) is 1.05. The van der Waals surface area contributed by atoms with Crippen molar-refractivity contribution in [3.05, 3.63) is 28.8 Å². The van der Waals surface area contributed by atoms with Crippen molar-refractivity contribution in [3.8, 4) is 0 Å². The van der Waals surface area contributed by atoms with E-state index in [1.807, 2.05) is 32.3 Å². The Morgan fingerprint density at radius 1 is 1.24 bits per heavy atom. The second kappa shape index (κ2) is 9.02. The highest BCUT2D eigenvalue weighted by Gasteiger charge is 2.38. The van der Waals surface area contributed by atoms with E-state index in [1.54, 1.807) is 0 Å². The third-order valence-corrected chi connectivity index (χ3v) is 11.4. The van der Waals surface area contributed by atoms with Crippen LogP contribution >= 0.6 is 0 Å². The van der Waals surface area contributed by atoms with E-state index in [0.717, 1.165) is 28.9 Å². The fourth-order valence-corrected chi connectivity index (χ4v) is 5.11. The summed E-state index contributed by atoms with van der Waals surface area (Å²) >= 11 is 0. The molecule has 33 heavy (non-hydrogen) atoms. The smallest absolute Gasteiger partial charge is 0.407 e. The third-order valence-electron chi connectivity index (χ3n) is 6.86. The molecule has 1 aliphatic carbocycles. The number of carbonyl (C=O) groups excluding carboxylic acids is 1. The van der Waals surface area contributed by atoms with Gasteiger partial charge in [-0.25, -0.2) is 14.2 Å². The molecule has 2 aromatic rings. The van der Waals surface area contributed by atoms with Crippen molar-refractivity contribution in [2.24, 2.45) is 5.92 Å². The Kier molecular flexibility index (Phi) is 7.02. The molecule has 0 bridgehead atoms. The minimum Gasteiger partial charge on any atom is -0.444 e. The van der Waals surface area contributed by atoms with E-state index in [4.69, 9.17) is 9.16 Å². The summed E-state index contributed by atoms with van der Waals surface area (Å²) in [4.78, 5) is 16.5. The van der Waals surface area contributed by atoms with E-state index in [0.29, 0.717) is 37.6 Å². The number of amides is 1. The first kappa shape index (κ1) is 25.7. The minimum absolute atomic E-state index is 0.158. The Labute approximate surface area is 198 Å². The minimum atomic E-state index is -1.84. The molecule has 0 aliphatic heterocycles. The molecule has 0 radical (unpaired) electrons. The van der Waals surface area contributed by atoms with Crippen molar-refractivity contribution in [3.63, 3.8) is 0 Å². The molecule has 0 saturated heterocycles. The van der Waals surface area contributed by atoms with E-state index in [9.17, 15) is 4.79 Å². The van der Waals surface area contributed by atoms with E-state index >= 15 is 4.39 Å². The molecule has 0 spiro atoms. The number of rotatable bonds is 6. The topological polar surface area (TPSA) is 65.4 Å². The van der Waals surface area contributed by atoms with E-state index < -0.39 is 20.0 Å². The Morgan fingerprint density at radius 3 is 2.52 bits per heavy atom. The van der Waals surface area contributed by atoms with Gasteiger partial charge in [0.15, 0.2) is 14.1 Å². The van der Waals surface area contributed by atoms with Crippen LogP contribution in [0.3, 0.4) is 0 Å². The number of fused-ring (bicyclic) bond motifs is 2. The van der Waals surface area contributed by atoms with Gasteiger partial charge in [-0.05, 0) is 81.8 Å². The van der Waals surface area contributed by atoms with Crippen molar-refractivity contribution in [1.29, 1.82) is 0 Å². The van der Waals surface area contributed by atoms with Gasteiger partial charge in [-0.15, -0.1) is 0 Å². The fraction of sp³-hybridized carbons (Fsp3) is 0.680. The molecule has 6 nitrogen and oxygen atoms in total. The van der Waals surface area contributed by atoms with Crippen LogP contribution in [0.25, 0.3) is 11.0 Å². The molecule has 1 aromatic heterocycles. The van der Waals surface area contributed by atoms with E-state index in [1.165, 1.54) is 0 Å². The number of carbonyl (C=O) groups is 1. The second-order valence-corrected chi connectivity index (χ2v) is 16.6. The van der Waals surface area contributed by atoms with Crippen molar-refractivity contribution < 1.29 is 18.3 Å². The zero-order chi connectivity index (χ0) is 24.8. The Bertz CT molecular complexity index is 1030. The summed E-state index contributed by atoms with van der Waals surface area (Å²) in [5.74, 6) is 0.814. The number of nitrogens with one attached hydrogen (secondary N) is 1. The standard InChI is InChI=1S/C25H40FN3O3Si/c1-16-28-22-20(29(16)11-10-27-23(30)32-24(2,3)4)14-18-12-17(13-19(18)21(22)26)15-31-33(8,9)25(5,6)7/h14,17H,10-13,15H2,1-9H3,(H,27,30). The van der Waals surface area contributed by atoms with Gasteiger partial charge in [0.05, 0.1) is 5.52 Å². The summed E-state index contributed by atoms with van der Waals surface area (Å²) in [5.41, 5.74) is 2.47. The molecule has 1 aromatic carbocycles. The lowest BCUT2D eigenvalue weighted by atomic mass is 10.1. The molecule has 1 unspecified atom stereocenters. The molecule has 0 fully saturated rings. The number of halogens is 1. The predicted octanol–water partition coefficient (Wildman–Crippen LogP) is 5.75. The van der Waals surface area contributed by atoms with Gasteiger partial charge in [-0.2, -0.15) is 0 Å². The maximum atomic E-state index is 15.4. The molecule has 184 valence electrons. The van der Waals surface area contributed by atoms with Crippen LogP contribution in [0.1, 0.15) is 58.5 Å². The van der Waals surface area contributed by atoms with Gasteiger partial charge in [-0.3, -0.25) is 0 Å². The van der Waals surface area contributed by atoms with Crippen LogP contribution in [0.15, 0.2) is 6.07 Å². The first-order chi connectivity index (χ1) is 15.1. The van der Waals surface area contributed by atoms with Crippen molar-refractivity contribution in [1.82, 2.24) is 14.9 Å². The first-order valence-electron chi connectivity index (χ1n) is 11.9. The van der Waals surface area contributed by atoms with E-state index in [-0.39, 0.29) is 10.9 Å². The zero-order valence-electron chi connectivity index (χ0n) is 21.7. The van der Waals surface area contributed by atoms with Gasteiger partial charge >= 0.3 is 6.09 Å². The zero-order valence-corrected chi connectivity index (χ0v) is 22.7. The SMILES string of the molecule is Cc1nc2c(F)c3c(cc2n1CCNC(=O)OC(C)(C)C)CC(CO[Si](C)(C)C(C)(C)C)C3. The molecule has 1 amide bonds. The van der Waals surface area contributed by atoms with E-state index in [2.05, 4.69) is 50.2 Å². The van der Waals surface area contributed by atoms with Gasteiger partial charge in [0.2, 0.25) is 0 Å². The van der Waals surface area contributed by atoms with Crippen LogP contribution in [0, 0.1) is 18.7 Å². The number of alkyl carbamates (subject to hydrolysis) is 1. The Balaban J connectivity index is 1.72. The Morgan fingerprint density at radius 2 is 1.91 bits per heavy atom.